The van der Waals surface area contributed by atoms with Gasteiger partial charge in [0.1, 0.15) is 11.4 Å². The number of para-hydroxylation sites is 1. The van der Waals surface area contributed by atoms with Crippen LogP contribution in [-0.2, 0) is 16.1 Å². The molecule has 8 nitrogen and oxygen atoms in total. The van der Waals surface area contributed by atoms with E-state index in [1.54, 1.807) is 32.2 Å². The molecule has 168 valence electrons. The molecular formula is C22H22ClN2O6P. The molecule has 0 fully saturated rings. The number of fused-ring (bicyclic) bond motifs is 1. The lowest BCUT2D eigenvalue weighted by Crippen LogP contribution is -2.20. The predicted octanol–water partition coefficient (Wildman–Crippen LogP) is 3.87. The van der Waals surface area contributed by atoms with Crippen molar-refractivity contribution in [1.29, 1.82) is 0 Å². The highest BCUT2D eigenvalue weighted by molar-refractivity contribution is 7.43. The molecular weight excluding hydrogens is 455 g/mol. The van der Waals surface area contributed by atoms with Crippen molar-refractivity contribution in [2.24, 2.45) is 0 Å². The van der Waals surface area contributed by atoms with Crippen LogP contribution in [0, 0.1) is 0 Å². The summed E-state index contributed by atoms with van der Waals surface area (Å²) >= 11 is 6.07. The number of rotatable bonds is 8. The number of hydrogen-bond donors (Lipinski definition) is 3. The Morgan fingerprint density at radius 1 is 1.22 bits per heavy atom. The molecule has 10 heteroatoms. The maximum Gasteiger partial charge on any atom is 0.356 e. The van der Waals surface area contributed by atoms with Crippen molar-refractivity contribution in [3.8, 4) is 5.75 Å². The number of carbonyl (C=O) groups excluding carboxylic acids is 2. The smallest absolute Gasteiger partial charge is 0.356 e. The fraction of sp³-hybridized carbons (Fsp3) is 0.182. The van der Waals surface area contributed by atoms with E-state index in [-0.39, 0.29) is 18.8 Å². The van der Waals surface area contributed by atoms with E-state index in [0.29, 0.717) is 27.2 Å². The average Bonchev–Trinajstić information content (AvgIpc) is 3.10. The van der Waals surface area contributed by atoms with Crippen LogP contribution >= 0.6 is 20.1 Å². The minimum atomic E-state index is -2.71. The van der Waals surface area contributed by atoms with Gasteiger partial charge in [0.2, 0.25) is 5.91 Å². The van der Waals surface area contributed by atoms with Gasteiger partial charge in [-0.2, -0.15) is 0 Å². The summed E-state index contributed by atoms with van der Waals surface area (Å²) in [6.45, 7) is 1.98. The van der Waals surface area contributed by atoms with Gasteiger partial charge in [-0.3, -0.25) is 9.13 Å². The summed E-state index contributed by atoms with van der Waals surface area (Å²) in [4.78, 5) is 45.0. The summed E-state index contributed by atoms with van der Waals surface area (Å²) in [6.07, 6.45) is 2.71. The second-order valence-electron chi connectivity index (χ2n) is 6.59. The van der Waals surface area contributed by atoms with E-state index in [0.717, 1.165) is 9.90 Å². The number of ether oxygens (including phenoxy) is 2. The van der Waals surface area contributed by atoms with Gasteiger partial charge in [0.05, 0.1) is 19.2 Å². The van der Waals surface area contributed by atoms with Gasteiger partial charge in [-0.1, -0.05) is 35.9 Å². The lowest BCUT2D eigenvalue weighted by atomic mass is 10.1. The lowest BCUT2D eigenvalue weighted by molar-refractivity contribution is -0.116. The quantitative estimate of drug-likeness (QED) is 0.259. The highest BCUT2D eigenvalue weighted by Crippen LogP contribution is 2.40. The largest absolute Gasteiger partial charge is 0.496 e. The standard InChI is InChI=1S/C22H22ClN2O6P/c1-3-31-22(27)21-17(16-9-8-15(23)12-18(16)25(21)32(28)29)10-11-20(26)24-13-14-6-4-5-7-19(14)30-2/h4-12,28-29H,3,13H2,1-2H3,(H,24,26)/b11-10+. The Hall–Kier alpha value is -2.90. The molecule has 0 saturated carbocycles. The van der Waals surface area contributed by atoms with Crippen molar-refractivity contribution >= 4 is 49.0 Å². The van der Waals surface area contributed by atoms with Crippen LogP contribution < -0.4 is 10.1 Å². The maximum atomic E-state index is 12.6. The van der Waals surface area contributed by atoms with Gasteiger partial charge in [0.15, 0.2) is 0 Å². The summed E-state index contributed by atoms with van der Waals surface area (Å²) in [5.74, 6) is -0.499. The monoisotopic (exact) mass is 476 g/mol. The van der Waals surface area contributed by atoms with Crippen LogP contribution in [0.2, 0.25) is 5.02 Å². The Kier molecular flexibility index (Phi) is 7.88. The zero-order chi connectivity index (χ0) is 23.3. The normalized spacial score (nSPS) is 11.3. The lowest BCUT2D eigenvalue weighted by Gasteiger charge is -2.11. The van der Waals surface area contributed by atoms with Gasteiger partial charge in [0.25, 0.3) is 8.53 Å². The highest BCUT2D eigenvalue weighted by atomic mass is 35.5. The number of amides is 1. The van der Waals surface area contributed by atoms with Gasteiger partial charge in [-0.25, -0.2) is 4.79 Å². The van der Waals surface area contributed by atoms with Crippen LogP contribution in [0.15, 0.2) is 48.5 Å². The molecule has 3 rings (SSSR count). The first-order valence-corrected chi connectivity index (χ1v) is 11.2. The molecule has 1 aromatic heterocycles. The zero-order valence-electron chi connectivity index (χ0n) is 17.4. The van der Waals surface area contributed by atoms with Crippen LogP contribution in [0.4, 0.5) is 0 Å². The Balaban J connectivity index is 1.96. The van der Waals surface area contributed by atoms with E-state index in [9.17, 15) is 19.4 Å². The number of nitrogens with zero attached hydrogens (tertiary/aromatic N) is 1. The first-order chi connectivity index (χ1) is 15.4. The van der Waals surface area contributed by atoms with Crippen molar-refractivity contribution in [3.63, 3.8) is 0 Å². The average molecular weight is 477 g/mol. The molecule has 0 atom stereocenters. The molecule has 0 unspecified atom stereocenters. The molecule has 0 aliphatic carbocycles. The molecule has 0 spiro atoms. The number of hydrogen-bond acceptors (Lipinski definition) is 6. The van der Waals surface area contributed by atoms with Crippen LogP contribution in [0.25, 0.3) is 17.0 Å². The van der Waals surface area contributed by atoms with E-state index >= 15 is 0 Å². The highest BCUT2D eigenvalue weighted by Gasteiger charge is 2.26. The molecule has 1 amide bonds. The van der Waals surface area contributed by atoms with Crippen molar-refractivity contribution in [3.05, 3.63) is 70.4 Å². The fourth-order valence-corrected chi connectivity index (χ4v) is 4.16. The van der Waals surface area contributed by atoms with Crippen molar-refractivity contribution in [2.45, 2.75) is 13.5 Å². The fourth-order valence-electron chi connectivity index (χ4n) is 3.27. The topological polar surface area (TPSA) is 110 Å². The van der Waals surface area contributed by atoms with Crippen LogP contribution in [-0.4, -0.2) is 39.7 Å². The van der Waals surface area contributed by atoms with Gasteiger partial charge >= 0.3 is 5.97 Å². The Labute approximate surface area is 191 Å². The molecule has 0 aliphatic heterocycles. The van der Waals surface area contributed by atoms with E-state index in [4.69, 9.17) is 21.1 Å². The summed E-state index contributed by atoms with van der Waals surface area (Å²) < 4.78 is 11.4. The third kappa shape index (κ3) is 5.11. The molecule has 32 heavy (non-hydrogen) atoms. The number of nitrogens with one attached hydrogen (secondary N) is 1. The zero-order valence-corrected chi connectivity index (χ0v) is 19.1. The van der Waals surface area contributed by atoms with E-state index in [1.165, 1.54) is 18.2 Å². The summed E-state index contributed by atoms with van der Waals surface area (Å²) in [6, 6.07) is 12.1. The Bertz CT molecular complexity index is 1170. The molecule has 0 saturated heterocycles. The molecule has 0 bridgehead atoms. The Morgan fingerprint density at radius 2 is 1.97 bits per heavy atom. The van der Waals surface area contributed by atoms with E-state index in [1.807, 2.05) is 18.2 Å². The molecule has 1 heterocycles. The number of carbonyl (C=O) groups is 2. The summed E-state index contributed by atoms with van der Waals surface area (Å²) in [5.41, 5.74) is 1.39. The summed E-state index contributed by atoms with van der Waals surface area (Å²) in [5, 5.41) is 3.63. The Morgan fingerprint density at radius 3 is 2.66 bits per heavy atom. The van der Waals surface area contributed by atoms with Crippen molar-refractivity contribution < 1.29 is 28.8 Å². The minimum Gasteiger partial charge on any atom is -0.496 e. The molecule has 2 aromatic carbocycles. The first-order valence-electron chi connectivity index (χ1n) is 9.64. The summed E-state index contributed by atoms with van der Waals surface area (Å²) in [7, 11) is -1.16. The van der Waals surface area contributed by atoms with Gasteiger partial charge < -0.3 is 24.6 Å². The minimum absolute atomic E-state index is 0.0750. The number of halogens is 1. The molecule has 0 radical (unpaired) electrons. The third-order valence-electron chi connectivity index (χ3n) is 4.64. The molecule has 3 aromatic rings. The van der Waals surface area contributed by atoms with Crippen molar-refractivity contribution in [2.75, 3.05) is 13.7 Å². The molecule has 3 N–H and O–H groups in total. The van der Waals surface area contributed by atoms with Crippen LogP contribution in [0.5, 0.6) is 5.75 Å². The number of benzene rings is 2. The van der Waals surface area contributed by atoms with Gasteiger partial charge in [-0.15, -0.1) is 0 Å². The second kappa shape index (κ2) is 10.6. The van der Waals surface area contributed by atoms with Gasteiger partial charge in [-0.05, 0) is 31.2 Å². The van der Waals surface area contributed by atoms with E-state index < -0.39 is 20.4 Å². The maximum absolute atomic E-state index is 12.6. The predicted molar refractivity (Wildman–Crippen MR) is 124 cm³/mol. The van der Waals surface area contributed by atoms with Gasteiger partial charge in [0, 0.05) is 34.2 Å². The SMILES string of the molecule is CCOC(=O)c1c(/C=C/C(=O)NCc2ccccc2OC)c2ccc(Cl)cc2n1P(O)O. The third-order valence-corrected chi connectivity index (χ3v) is 5.65. The first kappa shape index (κ1) is 23.8. The van der Waals surface area contributed by atoms with E-state index in [2.05, 4.69) is 5.32 Å². The molecule has 0 aliphatic rings. The number of esters is 1. The number of aromatic nitrogens is 1. The van der Waals surface area contributed by atoms with Crippen LogP contribution in [0.1, 0.15) is 28.5 Å². The van der Waals surface area contributed by atoms with Crippen molar-refractivity contribution in [1.82, 2.24) is 9.65 Å². The van der Waals surface area contributed by atoms with Crippen LogP contribution in [0.3, 0.4) is 0 Å². The second-order valence-corrected chi connectivity index (χ2v) is 7.96. The number of methoxy groups -OCH3 is 1.